The van der Waals surface area contributed by atoms with Gasteiger partial charge in [0.15, 0.2) is 0 Å². The molecule has 3 fully saturated rings. The second kappa shape index (κ2) is 5.68. The molecular formula is C16H22N4O3S. The van der Waals surface area contributed by atoms with E-state index in [0.717, 1.165) is 35.8 Å². The summed E-state index contributed by atoms with van der Waals surface area (Å²) in [4.78, 5) is 28.6. The molecule has 3 aliphatic rings. The number of hydrogen-bond donors (Lipinski definition) is 1. The zero-order valence-electron chi connectivity index (χ0n) is 13.8. The summed E-state index contributed by atoms with van der Waals surface area (Å²) in [6.07, 6.45) is 4.14. The monoisotopic (exact) mass is 350 g/mol. The van der Waals surface area contributed by atoms with Gasteiger partial charge in [-0.3, -0.25) is 9.59 Å². The van der Waals surface area contributed by atoms with E-state index in [1.54, 1.807) is 0 Å². The van der Waals surface area contributed by atoms with E-state index >= 15 is 0 Å². The fourth-order valence-electron chi connectivity index (χ4n) is 4.53. The van der Waals surface area contributed by atoms with Crippen LogP contribution in [0, 0.1) is 24.2 Å². The number of aromatic nitrogens is 2. The molecule has 2 saturated heterocycles. The maximum absolute atomic E-state index is 12.7. The SMILES string of the molecule is Cc1nnc(N2C[C@H]3CN(C(=O)C4CCCC4)C[C@@]3(C(=O)O)C2)s1. The van der Waals surface area contributed by atoms with Crippen molar-refractivity contribution >= 4 is 28.3 Å². The first-order valence-electron chi connectivity index (χ1n) is 8.57. The number of carboxylic acids is 1. The lowest BCUT2D eigenvalue weighted by molar-refractivity contribution is -0.148. The molecule has 0 unspecified atom stereocenters. The summed E-state index contributed by atoms with van der Waals surface area (Å²) in [6, 6.07) is 0. The van der Waals surface area contributed by atoms with Crippen LogP contribution in [-0.4, -0.2) is 58.3 Å². The van der Waals surface area contributed by atoms with Crippen LogP contribution in [0.15, 0.2) is 0 Å². The normalized spacial score (nSPS) is 30.1. The van der Waals surface area contributed by atoms with E-state index in [0.29, 0.717) is 26.2 Å². The molecule has 7 nitrogen and oxygen atoms in total. The van der Waals surface area contributed by atoms with E-state index in [4.69, 9.17) is 0 Å². The predicted molar refractivity (Wildman–Crippen MR) is 89.0 cm³/mol. The molecule has 1 aliphatic carbocycles. The number of carbonyl (C=O) groups is 2. The Morgan fingerprint density at radius 2 is 1.96 bits per heavy atom. The highest BCUT2D eigenvalue weighted by Crippen LogP contribution is 2.45. The molecule has 1 saturated carbocycles. The van der Waals surface area contributed by atoms with E-state index < -0.39 is 11.4 Å². The minimum absolute atomic E-state index is 0.0374. The van der Waals surface area contributed by atoms with Crippen molar-refractivity contribution in [2.45, 2.75) is 32.6 Å². The molecule has 0 spiro atoms. The van der Waals surface area contributed by atoms with Gasteiger partial charge in [-0.05, 0) is 19.8 Å². The Balaban J connectivity index is 1.53. The summed E-state index contributed by atoms with van der Waals surface area (Å²) in [5.41, 5.74) is -0.867. The Labute approximate surface area is 144 Å². The van der Waals surface area contributed by atoms with Gasteiger partial charge in [-0.2, -0.15) is 0 Å². The van der Waals surface area contributed by atoms with Crippen molar-refractivity contribution in [2.24, 2.45) is 17.3 Å². The van der Waals surface area contributed by atoms with Crippen LogP contribution in [0.5, 0.6) is 0 Å². The number of nitrogens with zero attached hydrogens (tertiary/aromatic N) is 4. The molecule has 0 bridgehead atoms. The van der Waals surface area contributed by atoms with Crippen molar-refractivity contribution in [3.63, 3.8) is 0 Å². The third-order valence-corrected chi connectivity index (χ3v) is 6.74. The molecule has 24 heavy (non-hydrogen) atoms. The molecule has 1 amide bonds. The summed E-state index contributed by atoms with van der Waals surface area (Å²) < 4.78 is 0. The van der Waals surface area contributed by atoms with Crippen LogP contribution in [0.3, 0.4) is 0 Å². The second-order valence-corrected chi connectivity index (χ2v) is 8.50. The maximum Gasteiger partial charge on any atom is 0.313 e. The first-order chi connectivity index (χ1) is 11.5. The van der Waals surface area contributed by atoms with Crippen molar-refractivity contribution in [1.82, 2.24) is 15.1 Å². The molecule has 4 rings (SSSR count). The highest BCUT2D eigenvalue weighted by atomic mass is 32.1. The van der Waals surface area contributed by atoms with E-state index in [1.807, 2.05) is 16.7 Å². The second-order valence-electron chi connectivity index (χ2n) is 7.34. The standard InChI is InChI=1S/C16H22N4O3S/c1-10-17-18-15(24-10)20-7-12-6-19(8-16(12,9-20)14(22)23)13(21)11-4-2-3-5-11/h11-12H,2-9H2,1H3,(H,22,23)/t12-,16-/m1/s1. The van der Waals surface area contributed by atoms with Crippen molar-refractivity contribution in [3.8, 4) is 0 Å². The summed E-state index contributed by atoms with van der Waals surface area (Å²) >= 11 is 1.49. The van der Waals surface area contributed by atoms with Gasteiger partial charge in [0.1, 0.15) is 10.4 Å². The molecule has 0 radical (unpaired) electrons. The lowest BCUT2D eigenvalue weighted by Crippen LogP contribution is -2.43. The molecule has 8 heteroatoms. The average Bonchev–Trinajstić information content (AvgIpc) is 3.28. The number of rotatable bonds is 3. The highest BCUT2D eigenvalue weighted by Gasteiger charge is 2.59. The van der Waals surface area contributed by atoms with Gasteiger partial charge in [-0.1, -0.05) is 24.2 Å². The summed E-state index contributed by atoms with van der Waals surface area (Å²) in [5.74, 6) is -0.556. The van der Waals surface area contributed by atoms with Crippen LogP contribution in [0.2, 0.25) is 0 Å². The first kappa shape index (κ1) is 15.8. The Hall–Kier alpha value is -1.70. The zero-order valence-corrected chi connectivity index (χ0v) is 14.6. The van der Waals surface area contributed by atoms with Crippen LogP contribution in [0.25, 0.3) is 0 Å². The fourth-order valence-corrected chi connectivity index (χ4v) is 5.22. The topological polar surface area (TPSA) is 86.6 Å². The number of amides is 1. The number of fused-ring (bicyclic) bond motifs is 1. The first-order valence-corrected chi connectivity index (χ1v) is 9.38. The molecule has 2 atom stereocenters. The fraction of sp³-hybridized carbons (Fsp3) is 0.750. The van der Waals surface area contributed by atoms with Crippen molar-refractivity contribution < 1.29 is 14.7 Å². The number of carboxylic acid groups (broad SMARTS) is 1. The Morgan fingerprint density at radius 1 is 1.21 bits per heavy atom. The summed E-state index contributed by atoms with van der Waals surface area (Å²) in [7, 11) is 0. The summed E-state index contributed by atoms with van der Waals surface area (Å²) in [6.45, 7) is 3.82. The molecule has 0 aromatic carbocycles. The Bertz CT molecular complexity index is 672. The number of aryl methyl sites for hydroxylation is 1. The summed E-state index contributed by atoms with van der Waals surface area (Å²) in [5, 5.41) is 19.8. The van der Waals surface area contributed by atoms with Gasteiger partial charge in [0.25, 0.3) is 0 Å². The Morgan fingerprint density at radius 3 is 2.54 bits per heavy atom. The van der Waals surface area contributed by atoms with Crippen LogP contribution in [0.1, 0.15) is 30.7 Å². The molecule has 130 valence electrons. The van der Waals surface area contributed by atoms with E-state index in [9.17, 15) is 14.7 Å². The molecule has 1 aromatic heterocycles. The smallest absolute Gasteiger partial charge is 0.313 e. The number of likely N-dealkylation sites (tertiary alicyclic amines) is 1. The Kier molecular flexibility index (Phi) is 3.74. The maximum atomic E-state index is 12.7. The van der Waals surface area contributed by atoms with Crippen LogP contribution in [-0.2, 0) is 9.59 Å². The molecule has 3 heterocycles. The highest BCUT2D eigenvalue weighted by molar-refractivity contribution is 7.15. The van der Waals surface area contributed by atoms with Gasteiger partial charge in [-0.15, -0.1) is 10.2 Å². The molecular weight excluding hydrogens is 328 g/mol. The molecule has 1 N–H and O–H groups in total. The van der Waals surface area contributed by atoms with Crippen LogP contribution < -0.4 is 4.90 Å². The van der Waals surface area contributed by atoms with Crippen LogP contribution >= 0.6 is 11.3 Å². The van der Waals surface area contributed by atoms with Crippen LogP contribution in [0.4, 0.5) is 5.13 Å². The minimum atomic E-state index is -0.867. The van der Waals surface area contributed by atoms with Crippen molar-refractivity contribution in [1.29, 1.82) is 0 Å². The van der Waals surface area contributed by atoms with E-state index in [2.05, 4.69) is 10.2 Å². The zero-order chi connectivity index (χ0) is 16.9. The number of carbonyl (C=O) groups excluding carboxylic acids is 1. The minimum Gasteiger partial charge on any atom is -0.481 e. The number of hydrogen-bond acceptors (Lipinski definition) is 6. The van der Waals surface area contributed by atoms with E-state index in [1.165, 1.54) is 11.3 Å². The van der Waals surface area contributed by atoms with Gasteiger partial charge in [0.05, 0.1) is 0 Å². The largest absolute Gasteiger partial charge is 0.481 e. The lowest BCUT2D eigenvalue weighted by Gasteiger charge is -2.26. The molecule has 2 aliphatic heterocycles. The predicted octanol–water partition coefficient (Wildman–Crippen LogP) is 1.39. The van der Waals surface area contributed by atoms with Gasteiger partial charge in [0.2, 0.25) is 11.0 Å². The quantitative estimate of drug-likeness (QED) is 0.886. The average molecular weight is 350 g/mol. The molecule has 1 aromatic rings. The van der Waals surface area contributed by atoms with Gasteiger partial charge >= 0.3 is 5.97 Å². The van der Waals surface area contributed by atoms with Crippen molar-refractivity contribution in [2.75, 3.05) is 31.1 Å². The van der Waals surface area contributed by atoms with Gasteiger partial charge in [0, 0.05) is 38.0 Å². The van der Waals surface area contributed by atoms with Gasteiger partial charge in [-0.25, -0.2) is 0 Å². The van der Waals surface area contributed by atoms with Gasteiger partial charge < -0.3 is 14.9 Å². The van der Waals surface area contributed by atoms with E-state index in [-0.39, 0.29) is 17.7 Å². The third kappa shape index (κ3) is 2.39. The lowest BCUT2D eigenvalue weighted by atomic mass is 9.81. The number of aliphatic carboxylic acids is 1. The number of anilines is 1. The van der Waals surface area contributed by atoms with Crippen molar-refractivity contribution in [3.05, 3.63) is 5.01 Å². The third-order valence-electron chi connectivity index (χ3n) is 5.84.